The van der Waals surface area contributed by atoms with Crippen molar-refractivity contribution in [2.24, 2.45) is 5.92 Å². The number of aromatic nitrogens is 1. The van der Waals surface area contributed by atoms with Gasteiger partial charge in [0.25, 0.3) is 0 Å². The number of hydrogen-bond donors (Lipinski definition) is 1. The van der Waals surface area contributed by atoms with Crippen LogP contribution in [0, 0.1) is 31.1 Å². The van der Waals surface area contributed by atoms with Crippen molar-refractivity contribution in [3.63, 3.8) is 0 Å². The standard InChI is InChI=1S/C23H24F3N3O5S/c1-12-20(13(2)34-29-12)14-4-5-19(17(8-14)23(24,25)26)35(31,32)15-9-16(18(10-15)33-3)21(30)28-22(11-27)6-7-22/h4-5,8,15-16,18H,6-7,9-10H2,1-3H3,(H,28,30)/t15?,16-,18?/m1/s1. The molecule has 35 heavy (non-hydrogen) atoms. The summed E-state index contributed by atoms with van der Waals surface area (Å²) in [5.41, 5.74) is -1.37. The van der Waals surface area contributed by atoms with Crippen LogP contribution in [-0.2, 0) is 25.5 Å². The molecule has 0 aliphatic heterocycles. The molecule has 1 aromatic carbocycles. The summed E-state index contributed by atoms with van der Waals surface area (Å²) in [6.45, 7) is 3.14. The van der Waals surface area contributed by atoms with Crippen molar-refractivity contribution in [1.82, 2.24) is 10.5 Å². The van der Waals surface area contributed by atoms with Gasteiger partial charge in [0.15, 0.2) is 9.84 Å². The monoisotopic (exact) mass is 511 g/mol. The molecule has 1 heterocycles. The highest BCUT2D eigenvalue weighted by atomic mass is 32.2. The molecule has 1 amide bonds. The van der Waals surface area contributed by atoms with Gasteiger partial charge < -0.3 is 14.6 Å². The fourth-order valence-electron chi connectivity index (χ4n) is 4.69. The number of carbonyl (C=O) groups is 1. The first-order valence-corrected chi connectivity index (χ1v) is 12.5. The number of ether oxygens (including phenoxy) is 1. The number of hydrogen-bond acceptors (Lipinski definition) is 7. The molecule has 1 N–H and O–H groups in total. The highest BCUT2D eigenvalue weighted by Gasteiger charge is 2.51. The largest absolute Gasteiger partial charge is 0.417 e. The molecule has 2 aromatic rings. The molecule has 0 radical (unpaired) electrons. The Morgan fingerprint density at radius 2 is 1.97 bits per heavy atom. The van der Waals surface area contributed by atoms with Gasteiger partial charge in [0.1, 0.15) is 11.3 Å². The van der Waals surface area contributed by atoms with E-state index >= 15 is 0 Å². The van der Waals surface area contributed by atoms with Crippen LogP contribution in [-0.4, -0.2) is 43.5 Å². The Bertz CT molecular complexity index is 1290. The molecule has 2 aliphatic rings. The minimum atomic E-state index is -4.95. The molecule has 0 spiro atoms. The van der Waals surface area contributed by atoms with E-state index in [1.54, 1.807) is 13.8 Å². The molecule has 188 valence electrons. The van der Waals surface area contributed by atoms with Crippen LogP contribution in [0.2, 0.25) is 0 Å². The molecule has 0 bridgehead atoms. The van der Waals surface area contributed by atoms with Crippen LogP contribution in [0.25, 0.3) is 11.1 Å². The van der Waals surface area contributed by atoms with Crippen molar-refractivity contribution in [2.75, 3.05) is 7.11 Å². The maximum Gasteiger partial charge on any atom is 0.417 e. The molecule has 1 aromatic heterocycles. The van der Waals surface area contributed by atoms with Crippen molar-refractivity contribution in [3.8, 4) is 17.2 Å². The van der Waals surface area contributed by atoms with E-state index in [1.807, 2.05) is 6.07 Å². The van der Waals surface area contributed by atoms with Gasteiger partial charge in [-0.3, -0.25) is 4.79 Å². The van der Waals surface area contributed by atoms with Gasteiger partial charge in [0, 0.05) is 12.7 Å². The predicted octanol–water partition coefficient (Wildman–Crippen LogP) is 3.72. The summed E-state index contributed by atoms with van der Waals surface area (Å²) < 4.78 is 79.4. The summed E-state index contributed by atoms with van der Waals surface area (Å²) >= 11 is 0. The molecule has 12 heteroatoms. The van der Waals surface area contributed by atoms with Crippen LogP contribution >= 0.6 is 0 Å². The van der Waals surface area contributed by atoms with Crippen molar-refractivity contribution in [2.45, 2.75) is 67.5 Å². The van der Waals surface area contributed by atoms with E-state index in [-0.39, 0.29) is 18.4 Å². The van der Waals surface area contributed by atoms with Crippen LogP contribution in [0.5, 0.6) is 0 Å². The Labute approximate surface area is 200 Å². The smallest absolute Gasteiger partial charge is 0.381 e. The Morgan fingerprint density at radius 3 is 2.49 bits per heavy atom. The van der Waals surface area contributed by atoms with Gasteiger partial charge >= 0.3 is 6.18 Å². The fraction of sp³-hybridized carbons (Fsp3) is 0.522. The summed E-state index contributed by atoms with van der Waals surface area (Å²) in [5, 5.41) is 14.4. The molecule has 3 atom stereocenters. The highest BCUT2D eigenvalue weighted by Crippen LogP contribution is 2.43. The third-order valence-corrected chi connectivity index (χ3v) is 9.01. The molecular formula is C23H24F3N3O5S. The number of nitrogens with zero attached hydrogens (tertiary/aromatic N) is 2. The van der Waals surface area contributed by atoms with Gasteiger partial charge in [-0.15, -0.1) is 0 Å². The number of sulfone groups is 1. The van der Waals surface area contributed by atoms with Gasteiger partial charge in [-0.2, -0.15) is 18.4 Å². The molecular weight excluding hydrogens is 487 g/mol. The SMILES string of the molecule is COC1CC(S(=O)(=O)c2ccc(-c3c(C)noc3C)cc2C(F)(F)F)C[C@H]1C(=O)NC1(C#N)CC1. The number of carbonyl (C=O) groups excluding carboxylic acids is 1. The van der Waals surface area contributed by atoms with E-state index in [1.165, 1.54) is 13.2 Å². The summed E-state index contributed by atoms with van der Waals surface area (Å²) in [7, 11) is -3.17. The number of halogens is 3. The number of nitrogens with one attached hydrogen (secondary N) is 1. The Balaban J connectivity index is 1.68. The zero-order chi connectivity index (χ0) is 25.8. The average molecular weight is 512 g/mol. The number of nitriles is 1. The third kappa shape index (κ3) is 4.54. The van der Waals surface area contributed by atoms with Crippen LogP contribution in [0.4, 0.5) is 13.2 Å². The van der Waals surface area contributed by atoms with E-state index < -0.39 is 55.2 Å². The lowest BCUT2D eigenvalue weighted by molar-refractivity contribution is -0.139. The van der Waals surface area contributed by atoms with E-state index in [4.69, 9.17) is 9.26 Å². The highest BCUT2D eigenvalue weighted by molar-refractivity contribution is 7.92. The number of amides is 1. The van der Waals surface area contributed by atoms with E-state index in [9.17, 15) is 31.6 Å². The molecule has 0 saturated heterocycles. The first kappa shape index (κ1) is 25.2. The maximum absolute atomic E-state index is 14.0. The number of aryl methyl sites for hydroxylation is 2. The number of methoxy groups -OCH3 is 1. The quantitative estimate of drug-likeness (QED) is 0.627. The summed E-state index contributed by atoms with van der Waals surface area (Å²) in [6.07, 6.45) is -5.11. The van der Waals surface area contributed by atoms with E-state index in [0.717, 1.165) is 12.1 Å². The topological polar surface area (TPSA) is 122 Å². The number of benzene rings is 1. The van der Waals surface area contributed by atoms with E-state index in [2.05, 4.69) is 10.5 Å². The van der Waals surface area contributed by atoms with Crippen LogP contribution in [0.15, 0.2) is 27.6 Å². The Morgan fingerprint density at radius 1 is 1.29 bits per heavy atom. The van der Waals surface area contributed by atoms with Gasteiger partial charge in [-0.25, -0.2) is 8.42 Å². The minimum Gasteiger partial charge on any atom is -0.381 e. The van der Waals surface area contributed by atoms with Crippen molar-refractivity contribution in [1.29, 1.82) is 5.26 Å². The van der Waals surface area contributed by atoms with Gasteiger partial charge in [-0.05, 0) is 57.2 Å². The zero-order valence-corrected chi connectivity index (χ0v) is 20.1. The second-order valence-electron chi connectivity index (χ2n) is 9.11. The molecule has 8 nitrogen and oxygen atoms in total. The van der Waals surface area contributed by atoms with Crippen molar-refractivity contribution < 1.29 is 35.6 Å². The lowest BCUT2D eigenvalue weighted by Crippen LogP contribution is -2.42. The second-order valence-corrected chi connectivity index (χ2v) is 11.3. The minimum absolute atomic E-state index is 0.136. The molecule has 2 unspecified atom stereocenters. The van der Waals surface area contributed by atoms with Gasteiger partial charge in [-0.1, -0.05) is 11.2 Å². The third-order valence-electron chi connectivity index (χ3n) is 6.78. The van der Waals surface area contributed by atoms with Crippen LogP contribution in [0.3, 0.4) is 0 Å². The van der Waals surface area contributed by atoms with E-state index in [0.29, 0.717) is 29.9 Å². The number of rotatable bonds is 6. The summed E-state index contributed by atoms with van der Waals surface area (Å²) in [6, 6.07) is 5.06. The zero-order valence-electron chi connectivity index (χ0n) is 19.3. The van der Waals surface area contributed by atoms with Crippen molar-refractivity contribution in [3.05, 3.63) is 35.2 Å². The van der Waals surface area contributed by atoms with Crippen molar-refractivity contribution >= 4 is 15.7 Å². The summed E-state index contributed by atoms with van der Waals surface area (Å²) in [4.78, 5) is 11.9. The maximum atomic E-state index is 14.0. The first-order chi connectivity index (χ1) is 16.3. The lowest BCUT2D eigenvalue weighted by Gasteiger charge is -2.19. The molecule has 2 fully saturated rings. The first-order valence-electron chi connectivity index (χ1n) is 11.0. The fourth-order valence-corrected chi connectivity index (χ4v) is 6.69. The predicted molar refractivity (Wildman–Crippen MR) is 117 cm³/mol. The van der Waals surface area contributed by atoms with Crippen LogP contribution < -0.4 is 5.32 Å². The Hall–Kier alpha value is -2.91. The average Bonchev–Trinajstić information content (AvgIpc) is 3.28. The molecule has 4 rings (SSSR count). The van der Waals surface area contributed by atoms with Crippen LogP contribution in [0.1, 0.15) is 42.7 Å². The number of alkyl halides is 3. The lowest BCUT2D eigenvalue weighted by atomic mass is 10.0. The molecule has 2 saturated carbocycles. The second kappa shape index (κ2) is 8.64. The van der Waals surface area contributed by atoms with Gasteiger partial charge in [0.2, 0.25) is 5.91 Å². The summed E-state index contributed by atoms with van der Waals surface area (Å²) in [5.74, 6) is -1.12. The molecule has 2 aliphatic carbocycles. The van der Waals surface area contributed by atoms with Gasteiger partial charge in [0.05, 0.1) is 39.5 Å². The normalized spacial score (nSPS) is 23.6. The Kier molecular flexibility index (Phi) is 6.22.